The second-order valence-corrected chi connectivity index (χ2v) is 12.4. The summed E-state index contributed by atoms with van der Waals surface area (Å²) in [6.07, 6.45) is 0. The van der Waals surface area contributed by atoms with Gasteiger partial charge in [0.15, 0.2) is 0 Å². The van der Waals surface area contributed by atoms with Crippen molar-refractivity contribution < 1.29 is 9.22 Å². The highest BCUT2D eigenvalue weighted by Crippen LogP contribution is 2.52. The van der Waals surface area contributed by atoms with E-state index in [1.54, 1.807) is 0 Å². The summed E-state index contributed by atoms with van der Waals surface area (Å²) in [7, 11) is -2.31. The fourth-order valence-electron chi connectivity index (χ4n) is 3.02. The molecule has 0 aliphatic heterocycles. The van der Waals surface area contributed by atoms with Crippen LogP contribution in [-0.4, -0.2) is 14.8 Å². The minimum atomic E-state index is -2.31. The van der Waals surface area contributed by atoms with E-state index < -0.39 is 8.32 Å². The average Bonchev–Trinajstić information content (AvgIpc) is 2.26. The van der Waals surface area contributed by atoms with E-state index >= 15 is 0 Å². The predicted molar refractivity (Wildman–Crippen MR) is 82.5 cm³/mol. The van der Waals surface area contributed by atoms with Crippen LogP contribution in [0.4, 0.5) is 0 Å². The Kier molecular flexibility index (Phi) is 4.61. The summed E-state index contributed by atoms with van der Waals surface area (Å²) in [4.78, 5) is 11.1. The Morgan fingerprint density at radius 3 is 1.84 bits per heavy atom. The molecular weight excluding hydrogens is 252 g/mol. The highest BCUT2D eigenvalue weighted by atomic mass is 28.4. The van der Waals surface area contributed by atoms with Crippen LogP contribution >= 0.6 is 0 Å². The van der Waals surface area contributed by atoms with E-state index in [9.17, 15) is 4.79 Å². The maximum atomic E-state index is 11.1. The first-order chi connectivity index (χ1) is 8.64. The molecule has 0 heterocycles. The van der Waals surface area contributed by atoms with Crippen LogP contribution in [0.1, 0.15) is 47.1 Å². The van der Waals surface area contributed by atoms with Gasteiger partial charge in [0.25, 0.3) is 14.8 Å². The molecule has 0 spiro atoms. The van der Waals surface area contributed by atoms with Gasteiger partial charge < -0.3 is 4.43 Å². The lowest BCUT2D eigenvalue weighted by Gasteiger charge is -2.49. The molecule has 0 bridgehead atoms. The number of hydrogen-bond acceptors (Lipinski definition) is 2. The van der Waals surface area contributed by atoms with Gasteiger partial charge >= 0.3 is 0 Å². The van der Waals surface area contributed by atoms with Crippen LogP contribution in [-0.2, 0) is 15.3 Å². The van der Waals surface area contributed by atoms with E-state index in [-0.39, 0.29) is 10.1 Å². The molecule has 2 nitrogen and oxygen atoms in total. The van der Waals surface area contributed by atoms with Crippen molar-refractivity contribution in [3.05, 3.63) is 35.9 Å². The van der Waals surface area contributed by atoms with E-state index in [1.165, 1.54) is 5.56 Å². The molecule has 19 heavy (non-hydrogen) atoms. The first-order valence-electron chi connectivity index (χ1n) is 6.79. The summed E-state index contributed by atoms with van der Waals surface area (Å²) in [6, 6.07) is 11.2. The molecule has 106 valence electrons. The standard InChI is InChI=1S/C16H26O2Si/c1-15(2,3)19(18-13-17,16(4,5)6)12-14-10-8-7-9-11-14/h7-11,13H,12H2,1-6H3. The molecule has 0 saturated heterocycles. The zero-order valence-corrected chi connectivity index (χ0v) is 14.0. The van der Waals surface area contributed by atoms with Crippen LogP contribution in [0.3, 0.4) is 0 Å². The third-order valence-corrected chi connectivity index (χ3v) is 10.2. The van der Waals surface area contributed by atoms with Crippen molar-refractivity contribution in [1.82, 2.24) is 0 Å². The van der Waals surface area contributed by atoms with Gasteiger partial charge in [-0.1, -0.05) is 71.9 Å². The van der Waals surface area contributed by atoms with Gasteiger partial charge in [0, 0.05) is 6.04 Å². The number of rotatable bonds is 4. The molecule has 0 aliphatic rings. The van der Waals surface area contributed by atoms with Gasteiger partial charge in [0.1, 0.15) is 0 Å². The molecule has 1 rings (SSSR count). The van der Waals surface area contributed by atoms with E-state index in [0.717, 1.165) is 6.04 Å². The number of carbonyl (C=O) groups is 1. The van der Waals surface area contributed by atoms with E-state index in [1.807, 2.05) is 18.2 Å². The Hall–Kier alpha value is -1.09. The fraction of sp³-hybridized carbons (Fsp3) is 0.562. The van der Waals surface area contributed by atoms with Crippen LogP contribution in [0.15, 0.2) is 30.3 Å². The van der Waals surface area contributed by atoms with Crippen LogP contribution in [0, 0.1) is 0 Å². The van der Waals surface area contributed by atoms with Crippen molar-refractivity contribution >= 4 is 14.8 Å². The molecule has 0 aliphatic carbocycles. The van der Waals surface area contributed by atoms with Gasteiger partial charge in [-0.15, -0.1) is 0 Å². The van der Waals surface area contributed by atoms with Gasteiger partial charge in [-0.05, 0) is 15.6 Å². The number of hydrogen-bond donors (Lipinski definition) is 0. The molecule has 0 saturated carbocycles. The molecule has 0 unspecified atom stereocenters. The molecule has 3 heteroatoms. The largest absolute Gasteiger partial charge is 0.520 e. The molecule has 1 aromatic carbocycles. The summed E-state index contributed by atoms with van der Waals surface area (Å²) in [6.45, 7) is 13.8. The van der Waals surface area contributed by atoms with Crippen molar-refractivity contribution in [3.8, 4) is 0 Å². The minimum Gasteiger partial charge on any atom is -0.520 e. The van der Waals surface area contributed by atoms with Gasteiger partial charge in [0.05, 0.1) is 0 Å². The zero-order valence-electron chi connectivity index (χ0n) is 13.0. The molecule has 0 radical (unpaired) electrons. The Morgan fingerprint density at radius 2 is 1.47 bits per heavy atom. The molecule has 1 aromatic rings. The van der Waals surface area contributed by atoms with Crippen LogP contribution in [0.2, 0.25) is 10.1 Å². The van der Waals surface area contributed by atoms with Crippen LogP contribution in [0.5, 0.6) is 0 Å². The molecule has 0 aromatic heterocycles. The summed E-state index contributed by atoms with van der Waals surface area (Å²) in [5.41, 5.74) is 1.25. The Labute approximate surface area is 118 Å². The summed E-state index contributed by atoms with van der Waals surface area (Å²) >= 11 is 0. The van der Waals surface area contributed by atoms with Crippen molar-refractivity contribution in [2.24, 2.45) is 0 Å². The normalized spacial score (nSPS) is 13.2. The van der Waals surface area contributed by atoms with Crippen LogP contribution in [0.25, 0.3) is 0 Å². The highest BCUT2D eigenvalue weighted by Gasteiger charge is 2.56. The van der Waals surface area contributed by atoms with Crippen LogP contribution < -0.4 is 0 Å². The SMILES string of the molecule is CC(C)(C)[Si](Cc1ccccc1)(OC=O)C(C)(C)C. The van der Waals surface area contributed by atoms with E-state index in [2.05, 4.69) is 53.7 Å². The second-order valence-electron chi connectivity index (χ2n) is 7.20. The summed E-state index contributed by atoms with van der Waals surface area (Å²) in [5.74, 6) is 0. The Balaban J connectivity index is 3.29. The van der Waals surface area contributed by atoms with Crippen molar-refractivity contribution in [2.45, 2.75) is 57.7 Å². The Morgan fingerprint density at radius 1 is 1.00 bits per heavy atom. The van der Waals surface area contributed by atoms with E-state index in [4.69, 9.17) is 4.43 Å². The topological polar surface area (TPSA) is 26.3 Å². The van der Waals surface area contributed by atoms with Gasteiger partial charge in [-0.2, -0.15) is 0 Å². The Bertz CT molecular complexity index is 399. The van der Waals surface area contributed by atoms with Crippen molar-refractivity contribution in [2.75, 3.05) is 0 Å². The maximum Gasteiger partial charge on any atom is 0.279 e. The summed E-state index contributed by atoms with van der Waals surface area (Å²) in [5, 5.41) is -0.0238. The number of benzene rings is 1. The quantitative estimate of drug-likeness (QED) is 0.599. The van der Waals surface area contributed by atoms with Gasteiger partial charge in [-0.25, -0.2) is 0 Å². The lowest BCUT2D eigenvalue weighted by Crippen LogP contribution is -2.56. The lowest BCUT2D eigenvalue weighted by atomic mass is 10.2. The lowest BCUT2D eigenvalue weighted by molar-refractivity contribution is -0.122. The number of carbonyl (C=O) groups excluding carboxylic acids is 1. The third kappa shape index (κ3) is 3.27. The van der Waals surface area contributed by atoms with Gasteiger partial charge in [0.2, 0.25) is 0 Å². The van der Waals surface area contributed by atoms with Crippen molar-refractivity contribution in [3.63, 3.8) is 0 Å². The minimum absolute atomic E-state index is 0.0119. The zero-order chi connectivity index (χ0) is 14.7. The fourth-order valence-corrected chi connectivity index (χ4v) is 8.09. The molecule has 0 atom stereocenters. The maximum absolute atomic E-state index is 11.1. The van der Waals surface area contributed by atoms with E-state index in [0.29, 0.717) is 6.47 Å². The monoisotopic (exact) mass is 278 g/mol. The first-order valence-corrected chi connectivity index (χ1v) is 8.91. The van der Waals surface area contributed by atoms with Crippen molar-refractivity contribution in [1.29, 1.82) is 0 Å². The average molecular weight is 278 g/mol. The molecule has 0 amide bonds. The molecule has 0 N–H and O–H groups in total. The third-order valence-electron chi connectivity index (χ3n) is 3.97. The first kappa shape index (κ1) is 16.0. The highest BCUT2D eigenvalue weighted by molar-refractivity contribution is 6.79. The second kappa shape index (κ2) is 5.49. The molecular formula is C16H26O2Si. The molecule has 0 fully saturated rings. The van der Waals surface area contributed by atoms with Gasteiger partial charge in [-0.3, -0.25) is 4.79 Å². The summed E-state index contributed by atoms with van der Waals surface area (Å²) < 4.78 is 5.82. The smallest absolute Gasteiger partial charge is 0.279 e. The predicted octanol–water partition coefficient (Wildman–Crippen LogP) is 4.49.